The van der Waals surface area contributed by atoms with Gasteiger partial charge in [-0.1, -0.05) is 31.2 Å². The zero-order valence-corrected chi connectivity index (χ0v) is 14.0. The molecule has 0 saturated heterocycles. The van der Waals surface area contributed by atoms with E-state index in [-0.39, 0.29) is 0 Å². The summed E-state index contributed by atoms with van der Waals surface area (Å²) in [5, 5.41) is 8.18. The first-order chi connectivity index (χ1) is 11.3. The molecule has 0 unspecified atom stereocenters. The summed E-state index contributed by atoms with van der Waals surface area (Å²) in [4.78, 5) is 8.88. The quantitative estimate of drug-likeness (QED) is 0.674. The summed E-state index contributed by atoms with van der Waals surface area (Å²) in [5.74, 6) is 1.75. The summed E-state index contributed by atoms with van der Waals surface area (Å²) in [5.41, 5.74) is 2.26. The minimum absolute atomic E-state index is 0.544. The Balaban J connectivity index is 1.61. The highest BCUT2D eigenvalue weighted by atomic mass is 15.2. The van der Waals surface area contributed by atoms with Gasteiger partial charge < -0.3 is 10.6 Å². The van der Waals surface area contributed by atoms with Gasteiger partial charge in [0.05, 0.1) is 5.52 Å². The third-order valence-electron chi connectivity index (χ3n) is 4.74. The van der Waals surface area contributed by atoms with Gasteiger partial charge in [0.2, 0.25) is 0 Å². The Bertz CT molecular complexity index is 667. The first kappa shape index (κ1) is 15.8. The van der Waals surface area contributed by atoms with E-state index >= 15 is 0 Å². The van der Waals surface area contributed by atoms with Crippen LogP contribution in [-0.2, 0) is 6.54 Å². The third kappa shape index (κ3) is 4.01. The van der Waals surface area contributed by atoms with Gasteiger partial charge in [-0.2, -0.15) is 0 Å². The maximum atomic E-state index is 4.51. The second-order valence-corrected chi connectivity index (χ2v) is 6.52. The molecule has 4 heteroatoms. The maximum absolute atomic E-state index is 4.51. The van der Waals surface area contributed by atoms with Crippen LogP contribution >= 0.6 is 0 Å². The van der Waals surface area contributed by atoms with E-state index in [1.807, 2.05) is 19.3 Å². The molecule has 0 spiro atoms. The van der Waals surface area contributed by atoms with E-state index in [0.717, 1.165) is 23.9 Å². The van der Waals surface area contributed by atoms with Crippen molar-refractivity contribution in [3.8, 4) is 0 Å². The second kappa shape index (κ2) is 7.44. The Hall–Kier alpha value is -2.10. The molecule has 1 aliphatic rings. The van der Waals surface area contributed by atoms with E-state index in [4.69, 9.17) is 0 Å². The fraction of sp³-hybridized carbons (Fsp3) is 0.474. The molecule has 1 aromatic carbocycles. The summed E-state index contributed by atoms with van der Waals surface area (Å²) in [6.07, 6.45) is 6.93. The van der Waals surface area contributed by atoms with Crippen molar-refractivity contribution in [2.75, 3.05) is 7.05 Å². The molecule has 1 fully saturated rings. The smallest absolute Gasteiger partial charge is 0.191 e. The molecule has 1 heterocycles. The lowest BCUT2D eigenvalue weighted by molar-refractivity contribution is 0.329. The number of hydrogen-bond acceptors (Lipinski definition) is 2. The summed E-state index contributed by atoms with van der Waals surface area (Å²) in [6, 6.07) is 10.9. The number of pyridine rings is 1. The van der Waals surface area contributed by atoms with Gasteiger partial charge in [0.25, 0.3) is 0 Å². The van der Waals surface area contributed by atoms with Crippen molar-refractivity contribution in [1.82, 2.24) is 15.6 Å². The predicted octanol–water partition coefficient (Wildman–Crippen LogP) is 3.48. The Kier molecular flexibility index (Phi) is 5.11. The molecule has 4 nitrogen and oxygen atoms in total. The fourth-order valence-electron chi connectivity index (χ4n) is 3.28. The number of rotatable bonds is 3. The minimum atomic E-state index is 0.544. The fourth-order valence-corrected chi connectivity index (χ4v) is 3.28. The van der Waals surface area contributed by atoms with E-state index in [2.05, 4.69) is 51.8 Å². The van der Waals surface area contributed by atoms with Crippen LogP contribution in [0.5, 0.6) is 0 Å². The van der Waals surface area contributed by atoms with Crippen LogP contribution in [0.25, 0.3) is 10.9 Å². The number of aromatic nitrogens is 1. The molecule has 0 amide bonds. The predicted molar refractivity (Wildman–Crippen MR) is 96.5 cm³/mol. The SMILES string of the molecule is CN=C(NCc1cccc2cccnc12)NC1CCC(C)CC1. The van der Waals surface area contributed by atoms with Crippen molar-refractivity contribution >= 4 is 16.9 Å². The normalized spacial score (nSPS) is 22.1. The van der Waals surface area contributed by atoms with Gasteiger partial charge in [-0.15, -0.1) is 0 Å². The number of benzene rings is 1. The molecule has 2 N–H and O–H groups in total. The zero-order valence-electron chi connectivity index (χ0n) is 14.0. The molecule has 1 saturated carbocycles. The van der Waals surface area contributed by atoms with Crippen molar-refractivity contribution < 1.29 is 0 Å². The van der Waals surface area contributed by atoms with Crippen LogP contribution in [0.4, 0.5) is 0 Å². The van der Waals surface area contributed by atoms with Crippen LogP contribution in [-0.4, -0.2) is 24.0 Å². The van der Waals surface area contributed by atoms with Crippen molar-refractivity contribution in [3.05, 3.63) is 42.1 Å². The first-order valence-electron chi connectivity index (χ1n) is 8.56. The summed E-state index contributed by atoms with van der Waals surface area (Å²) in [6.45, 7) is 3.08. The van der Waals surface area contributed by atoms with E-state index in [1.54, 1.807) is 0 Å². The summed E-state index contributed by atoms with van der Waals surface area (Å²) >= 11 is 0. The third-order valence-corrected chi connectivity index (χ3v) is 4.74. The zero-order chi connectivity index (χ0) is 16.1. The van der Waals surface area contributed by atoms with Crippen LogP contribution in [0.1, 0.15) is 38.2 Å². The van der Waals surface area contributed by atoms with E-state index in [9.17, 15) is 0 Å². The number of para-hydroxylation sites is 1. The Labute approximate surface area is 138 Å². The topological polar surface area (TPSA) is 49.3 Å². The summed E-state index contributed by atoms with van der Waals surface area (Å²) < 4.78 is 0. The standard InChI is InChI=1S/C19H26N4/c1-14-8-10-17(11-9-14)23-19(20-2)22-13-16-6-3-5-15-7-4-12-21-18(15)16/h3-7,12,14,17H,8-11,13H2,1-2H3,(H2,20,22,23). The van der Waals surface area contributed by atoms with E-state index in [0.29, 0.717) is 6.04 Å². The lowest BCUT2D eigenvalue weighted by Crippen LogP contribution is -2.44. The molecule has 23 heavy (non-hydrogen) atoms. The Morgan fingerprint density at radius 3 is 2.74 bits per heavy atom. The van der Waals surface area contributed by atoms with Crippen LogP contribution in [0.3, 0.4) is 0 Å². The highest BCUT2D eigenvalue weighted by molar-refractivity contribution is 5.83. The van der Waals surface area contributed by atoms with E-state index < -0.39 is 0 Å². The maximum Gasteiger partial charge on any atom is 0.191 e. The minimum Gasteiger partial charge on any atom is -0.354 e. The molecule has 3 rings (SSSR count). The van der Waals surface area contributed by atoms with Crippen LogP contribution in [0, 0.1) is 5.92 Å². The summed E-state index contributed by atoms with van der Waals surface area (Å²) in [7, 11) is 1.84. The molecule has 0 radical (unpaired) electrons. The number of fused-ring (bicyclic) bond motifs is 1. The number of nitrogens with zero attached hydrogens (tertiary/aromatic N) is 2. The number of nitrogens with one attached hydrogen (secondary N) is 2. The average Bonchev–Trinajstić information content (AvgIpc) is 2.60. The van der Waals surface area contributed by atoms with Crippen molar-refractivity contribution in [3.63, 3.8) is 0 Å². The van der Waals surface area contributed by atoms with E-state index in [1.165, 1.54) is 36.6 Å². The molecule has 2 aromatic rings. The Morgan fingerprint density at radius 2 is 1.96 bits per heavy atom. The first-order valence-corrected chi connectivity index (χ1v) is 8.56. The van der Waals surface area contributed by atoms with Gasteiger partial charge >= 0.3 is 0 Å². The van der Waals surface area contributed by atoms with Crippen LogP contribution in [0.2, 0.25) is 0 Å². The van der Waals surface area contributed by atoms with Crippen molar-refractivity contribution in [1.29, 1.82) is 0 Å². The Morgan fingerprint density at radius 1 is 1.17 bits per heavy atom. The molecular weight excluding hydrogens is 284 g/mol. The number of guanidine groups is 1. The van der Waals surface area contributed by atoms with Gasteiger partial charge in [-0.3, -0.25) is 9.98 Å². The number of hydrogen-bond donors (Lipinski definition) is 2. The molecule has 1 aromatic heterocycles. The molecule has 122 valence electrons. The molecule has 0 aliphatic heterocycles. The highest BCUT2D eigenvalue weighted by Gasteiger charge is 2.18. The van der Waals surface area contributed by atoms with Gasteiger partial charge in [0, 0.05) is 31.2 Å². The lowest BCUT2D eigenvalue weighted by atomic mass is 9.87. The van der Waals surface area contributed by atoms with Crippen molar-refractivity contribution in [2.24, 2.45) is 10.9 Å². The van der Waals surface area contributed by atoms with Gasteiger partial charge in [0.15, 0.2) is 5.96 Å². The van der Waals surface area contributed by atoms with Gasteiger partial charge in [-0.25, -0.2) is 0 Å². The van der Waals surface area contributed by atoms with Crippen LogP contribution in [0.15, 0.2) is 41.5 Å². The monoisotopic (exact) mass is 310 g/mol. The average molecular weight is 310 g/mol. The number of aliphatic imine (C=N–C) groups is 1. The van der Waals surface area contributed by atoms with Gasteiger partial charge in [0.1, 0.15) is 0 Å². The highest BCUT2D eigenvalue weighted by Crippen LogP contribution is 2.23. The molecular formula is C19H26N4. The molecule has 0 bridgehead atoms. The van der Waals surface area contributed by atoms with Crippen LogP contribution < -0.4 is 10.6 Å². The van der Waals surface area contributed by atoms with Crippen molar-refractivity contribution in [2.45, 2.75) is 45.2 Å². The molecule has 1 aliphatic carbocycles. The second-order valence-electron chi connectivity index (χ2n) is 6.52. The lowest BCUT2D eigenvalue weighted by Gasteiger charge is -2.28. The van der Waals surface area contributed by atoms with Gasteiger partial charge in [-0.05, 0) is 43.2 Å². The largest absolute Gasteiger partial charge is 0.354 e. The molecule has 0 atom stereocenters.